The summed E-state index contributed by atoms with van der Waals surface area (Å²) in [5.41, 5.74) is 0. The van der Waals surface area contributed by atoms with E-state index in [0.717, 1.165) is 32.4 Å². The molecule has 1 N–H and O–H groups in total. The first kappa shape index (κ1) is 14.2. The van der Waals surface area contributed by atoms with Crippen LogP contribution in [0.2, 0.25) is 0 Å². The van der Waals surface area contributed by atoms with Crippen molar-refractivity contribution in [2.24, 2.45) is 0 Å². The minimum atomic E-state index is 0.103. The molecule has 3 nitrogen and oxygen atoms in total. The molecule has 1 saturated carbocycles. The van der Waals surface area contributed by atoms with Crippen molar-refractivity contribution in [2.45, 2.75) is 62.8 Å². The molecule has 0 aromatic heterocycles. The van der Waals surface area contributed by atoms with E-state index >= 15 is 0 Å². The third-order valence-corrected chi connectivity index (χ3v) is 6.08. The maximum absolute atomic E-state index is 12.3. The van der Waals surface area contributed by atoms with Crippen molar-refractivity contribution in [3.63, 3.8) is 0 Å². The molecule has 1 saturated heterocycles. The fourth-order valence-corrected chi connectivity index (χ4v) is 3.62. The summed E-state index contributed by atoms with van der Waals surface area (Å²) in [6.07, 6.45) is 7.94. The van der Waals surface area contributed by atoms with E-state index < -0.39 is 0 Å². The number of hydrogen-bond donors (Lipinski definition) is 1. The molecule has 0 spiro atoms. The molecule has 2 aliphatic rings. The van der Waals surface area contributed by atoms with Crippen LogP contribution in [-0.4, -0.2) is 47.0 Å². The van der Waals surface area contributed by atoms with Gasteiger partial charge in [-0.1, -0.05) is 13.8 Å². The fraction of sp³-hybridized carbons (Fsp3) is 0.929. The van der Waals surface area contributed by atoms with E-state index in [2.05, 4.69) is 30.3 Å². The van der Waals surface area contributed by atoms with E-state index in [1.807, 2.05) is 11.8 Å². The molecule has 18 heavy (non-hydrogen) atoms. The first-order valence-electron chi connectivity index (χ1n) is 7.24. The summed E-state index contributed by atoms with van der Waals surface area (Å²) in [5.74, 6) is 0.335. The minimum Gasteiger partial charge on any atom is -0.340 e. The second-order valence-corrected chi connectivity index (χ2v) is 6.91. The first-order valence-corrected chi connectivity index (χ1v) is 8.46. The van der Waals surface area contributed by atoms with E-state index in [9.17, 15) is 4.79 Å². The van der Waals surface area contributed by atoms with Crippen LogP contribution in [0.1, 0.15) is 46.0 Å². The van der Waals surface area contributed by atoms with Crippen LogP contribution in [0.15, 0.2) is 0 Å². The predicted molar refractivity (Wildman–Crippen MR) is 78.0 cm³/mol. The topological polar surface area (TPSA) is 32.3 Å². The van der Waals surface area contributed by atoms with Crippen molar-refractivity contribution in [1.82, 2.24) is 10.2 Å². The lowest BCUT2D eigenvalue weighted by Gasteiger charge is -2.34. The highest BCUT2D eigenvalue weighted by Crippen LogP contribution is 2.33. The summed E-state index contributed by atoms with van der Waals surface area (Å²) < 4.78 is 0.254. The van der Waals surface area contributed by atoms with Gasteiger partial charge >= 0.3 is 0 Å². The SMILES string of the molecule is CCC(CC)(CN1CCC(NC2CC2)C1=O)SC. The third kappa shape index (κ3) is 3.02. The van der Waals surface area contributed by atoms with Gasteiger partial charge in [0, 0.05) is 23.9 Å². The lowest BCUT2D eigenvalue weighted by Crippen LogP contribution is -2.44. The van der Waals surface area contributed by atoms with Gasteiger partial charge in [-0.3, -0.25) is 4.79 Å². The molecule has 0 bridgehead atoms. The normalized spacial score (nSPS) is 24.9. The Morgan fingerprint density at radius 3 is 2.50 bits per heavy atom. The molecule has 0 radical (unpaired) electrons. The highest BCUT2D eigenvalue weighted by molar-refractivity contribution is 8.00. The Balaban J connectivity index is 1.91. The first-order chi connectivity index (χ1) is 8.64. The Kier molecular flexibility index (Phi) is 4.59. The van der Waals surface area contributed by atoms with Gasteiger partial charge in [-0.05, 0) is 38.4 Å². The lowest BCUT2D eigenvalue weighted by molar-refractivity contribution is -0.129. The van der Waals surface area contributed by atoms with Crippen LogP contribution >= 0.6 is 11.8 Å². The molecule has 104 valence electrons. The number of carbonyl (C=O) groups excluding carboxylic acids is 1. The van der Waals surface area contributed by atoms with Crippen molar-refractivity contribution in [2.75, 3.05) is 19.3 Å². The minimum absolute atomic E-state index is 0.103. The number of nitrogens with one attached hydrogen (secondary N) is 1. The average Bonchev–Trinajstić information content (AvgIpc) is 3.15. The molecule has 0 aromatic carbocycles. The van der Waals surface area contributed by atoms with Crippen LogP contribution < -0.4 is 5.32 Å². The van der Waals surface area contributed by atoms with Gasteiger partial charge in [-0.25, -0.2) is 0 Å². The van der Waals surface area contributed by atoms with Crippen molar-refractivity contribution in [1.29, 1.82) is 0 Å². The summed E-state index contributed by atoms with van der Waals surface area (Å²) in [7, 11) is 0. The highest BCUT2D eigenvalue weighted by atomic mass is 32.2. The van der Waals surface area contributed by atoms with Gasteiger partial charge < -0.3 is 10.2 Å². The molecule has 2 fully saturated rings. The third-order valence-electron chi connectivity index (χ3n) is 4.51. The Morgan fingerprint density at radius 1 is 1.33 bits per heavy atom. The molecule has 1 heterocycles. The smallest absolute Gasteiger partial charge is 0.239 e. The van der Waals surface area contributed by atoms with Gasteiger partial charge in [0.15, 0.2) is 0 Å². The predicted octanol–water partition coefficient (Wildman–Crippen LogP) is 2.26. The van der Waals surface area contributed by atoms with Gasteiger partial charge in [-0.2, -0.15) is 11.8 Å². The Morgan fingerprint density at radius 2 is 2.00 bits per heavy atom. The monoisotopic (exact) mass is 270 g/mol. The standard InChI is InChI=1S/C14H26N2OS/c1-4-14(5-2,18-3)10-16-9-8-12(13(16)17)15-11-6-7-11/h11-12,15H,4-10H2,1-3H3. The summed E-state index contributed by atoms with van der Waals surface area (Å²) >= 11 is 1.92. The lowest BCUT2D eigenvalue weighted by atomic mass is 10.0. The van der Waals surface area contributed by atoms with E-state index in [1.54, 1.807) is 0 Å². The molecular formula is C14H26N2OS. The van der Waals surface area contributed by atoms with E-state index in [-0.39, 0.29) is 10.8 Å². The molecular weight excluding hydrogens is 244 g/mol. The number of rotatable bonds is 7. The molecule has 1 atom stereocenters. The number of thioether (sulfide) groups is 1. The number of hydrogen-bond acceptors (Lipinski definition) is 3. The zero-order valence-electron chi connectivity index (χ0n) is 11.9. The average molecular weight is 270 g/mol. The highest BCUT2D eigenvalue weighted by Gasteiger charge is 2.38. The summed E-state index contributed by atoms with van der Waals surface area (Å²) in [4.78, 5) is 14.4. The maximum Gasteiger partial charge on any atom is 0.239 e. The van der Waals surface area contributed by atoms with Gasteiger partial charge in [-0.15, -0.1) is 0 Å². The Bertz CT molecular complexity index is 292. The maximum atomic E-state index is 12.3. The van der Waals surface area contributed by atoms with Crippen LogP contribution in [0.25, 0.3) is 0 Å². The van der Waals surface area contributed by atoms with E-state index in [1.165, 1.54) is 12.8 Å². The van der Waals surface area contributed by atoms with E-state index in [4.69, 9.17) is 0 Å². The zero-order valence-corrected chi connectivity index (χ0v) is 12.7. The number of likely N-dealkylation sites (tertiary alicyclic amines) is 1. The molecule has 0 aromatic rings. The van der Waals surface area contributed by atoms with Gasteiger partial charge in [0.25, 0.3) is 0 Å². The van der Waals surface area contributed by atoms with Gasteiger partial charge in [0.2, 0.25) is 5.91 Å². The van der Waals surface area contributed by atoms with E-state index in [0.29, 0.717) is 11.9 Å². The van der Waals surface area contributed by atoms with Crippen molar-refractivity contribution in [3.8, 4) is 0 Å². The summed E-state index contributed by atoms with van der Waals surface area (Å²) in [6, 6.07) is 0.729. The quantitative estimate of drug-likeness (QED) is 0.770. The number of carbonyl (C=O) groups is 1. The molecule has 1 amide bonds. The fourth-order valence-electron chi connectivity index (χ4n) is 2.76. The molecule has 1 unspecified atom stereocenters. The van der Waals surface area contributed by atoms with Gasteiger partial charge in [0.05, 0.1) is 6.04 Å². The van der Waals surface area contributed by atoms with Gasteiger partial charge in [0.1, 0.15) is 0 Å². The van der Waals surface area contributed by atoms with Crippen LogP contribution in [0, 0.1) is 0 Å². The van der Waals surface area contributed by atoms with Crippen LogP contribution in [0.5, 0.6) is 0 Å². The molecule has 1 aliphatic heterocycles. The van der Waals surface area contributed by atoms with Crippen LogP contribution in [-0.2, 0) is 4.79 Å². The molecule has 4 heteroatoms. The van der Waals surface area contributed by atoms with Crippen LogP contribution in [0.3, 0.4) is 0 Å². The Hall–Kier alpha value is -0.220. The second kappa shape index (κ2) is 5.83. The molecule has 1 aliphatic carbocycles. The van der Waals surface area contributed by atoms with Crippen molar-refractivity contribution >= 4 is 17.7 Å². The van der Waals surface area contributed by atoms with Crippen molar-refractivity contribution in [3.05, 3.63) is 0 Å². The molecule has 2 rings (SSSR count). The van der Waals surface area contributed by atoms with Crippen molar-refractivity contribution < 1.29 is 4.79 Å². The van der Waals surface area contributed by atoms with Crippen LogP contribution in [0.4, 0.5) is 0 Å². The summed E-state index contributed by atoms with van der Waals surface area (Å²) in [5, 5.41) is 3.47. The number of amides is 1. The zero-order chi connectivity index (χ0) is 13.2. The second-order valence-electron chi connectivity index (χ2n) is 5.64. The number of nitrogens with zero attached hydrogens (tertiary/aromatic N) is 1. The largest absolute Gasteiger partial charge is 0.340 e. The Labute approximate surface area is 115 Å². The summed E-state index contributed by atoms with van der Waals surface area (Å²) in [6.45, 7) is 6.33.